The van der Waals surface area contributed by atoms with Crippen molar-refractivity contribution in [3.05, 3.63) is 25.3 Å². The second-order valence-corrected chi connectivity index (χ2v) is 12.5. The van der Waals surface area contributed by atoms with E-state index in [1.807, 2.05) is 12.2 Å². The van der Waals surface area contributed by atoms with Gasteiger partial charge >= 0.3 is 49.7 Å². The zero-order chi connectivity index (χ0) is 37.2. The molecular formula is C36H66CaN2O10+2. The topological polar surface area (TPSA) is 195 Å². The fraction of sp³-hybridized carbons (Fsp3) is 0.778. The van der Waals surface area contributed by atoms with Gasteiger partial charge in [0.25, 0.3) is 0 Å². The van der Waals surface area contributed by atoms with Gasteiger partial charge in [-0.15, -0.1) is 13.2 Å². The summed E-state index contributed by atoms with van der Waals surface area (Å²) in [4.78, 5) is 46.8. The average molecular weight is 727 g/mol. The summed E-state index contributed by atoms with van der Waals surface area (Å²) in [6.45, 7) is 14.9. The molecular weight excluding hydrogens is 660 g/mol. The van der Waals surface area contributed by atoms with Gasteiger partial charge in [0, 0.05) is 25.7 Å². The molecule has 0 saturated carbocycles. The number of carboxylic acids is 4. The first kappa shape index (κ1) is 51.8. The summed E-state index contributed by atoms with van der Waals surface area (Å²) < 4.78 is -0.273. The van der Waals surface area contributed by atoms with Crippen LogP contribution in [-0.2, 0) is 19.2 Å². The second-order valence-electron chi connectivity index (χ2n) is 12.5. The van der Waals surface area contributed by atoms with Crippen LogP contribution in [0.15, 0.2) is 25.3 Å². The molecule has 0 bridgehead atoms. The quantitative estimate of drug-likeness (QED) is 0.0369. The van der Waals surface area contributed by atoms with E-state index in [0.717, 1.165) is 64.2 Å². The largest absolute Gasteiger partial charge is 2.00 e. The van der Waals surface area contributed by atoms with Crippen LogP contribution in [-0.4, -0.2) is 155 Å². The number of carboxylic acid groups (broad SMARTS) is 4. The van der Waals surface area contributed by atoms with E-state index in [1.165, 1.54) is 0 Å². The van der Waals surface area contributed by atoms with Gasteiger partial charge in [0.2, 0.25) is 0 Å². The molecule has 0 radical (unpaired) electrons. The van der Waals surface area contributed by atoms with Crippen LogP contribution in [0, 0.1) is 0 Å². The summed E-state index contributed by atoms with van der Waals surface area (Å²) in [5, 5.41) is 61.5. The third-order valence-electron chi connectivity index (χ3n) is 9.64. The Balaban J connectivity index is -0.000000846. The van der Waals surface area contributed by atoms with Crippen LogP contribution in [0.1, 0.15) is 118 Å². The van der Waals surface area contributed by atoms with E-state index in [-0.39, 0.29) is 85.8 Å². The second kappa shape index (κ2) is 30.1. The maximum atomic E-state index is 11.7. The minimum absolute atomic E-state index is 0. The van der Waals surface area contributed by atoms with Crippen molar-refractivity contribution >= 4 is 61.6 Å². The summed E-state index contributed by atoms with van der Waals surface area (Å²) >= 11 is 0. The summed E-state index contributed by atoms with van der Waals surface area (Å²) in [6, 6.07) is -3.56. The van der Waals surface area contributed by atoms with E-state index >= 15 is 0 Å². The Kier molecular flexibility index (Phi) is 31.9. The van der Waals surface area contributed by atoms with Gasteiger partial charge in [0.15, 0.2) is 12.1 Å². The van der Waals surface area contributed by atoms with E-state index in [2.05, 4.69) is 13.2 Å². The molecule has 0 aliphatic heterocycles. The molecule has 0 heterocycles. The standard InChI is InChI=1S/2C18H33NO5.Ca/c2*1-4-7-8-9-10-11-12-19(13-14-20,15(5-2)17(21)22)16(6-3)18(23)24;/h2*4,15-16,20H,1,5-14H2,2-3H3,(H-,21,22,23,24);/q;;+2. The number of carbonyl (C=O) groups excluding carboxylic acids is 2. The van der Waals surface area contributed by atoms with Gasteiger partial charge in [-0.2, -0.15) is 0 Å². The Labute approximate surface area is 325 Å². The van der Waals surface area contributed by atoms with Crippen LogP contribution < -0.4 is 10.2 Å². The van der Waals surface area contributed by atoms with Crippen molar-refractivity contribution in [1.29, 1.82) is 0 Å². The maximum absolute atomic E-state index is 11.7. The molecule has 0 amide bonds. The minimum atomic E-state index is -1.24. The van der Waals surface area contributed by atoms with Crippen molar-refractivity contribution in [3.8, 4) is 0 Å². The fourth-order valence-electron chi connectivity index (χ4n) is 7.37. The first-order valence-electron chi connectivity index (χ1n) is 17.9. The van der Waals surface area contributed by atoms with Gasteiger partial charge in [-0.05, 0) is 51.4 Å². The third kappa shape index (κ3) is 17.5. The molecule has 4 N–H and O–H groups in total. The Morgan fingerprint density at radius 2 is 0.837 bits per heavy atom. The molecule has 0 aliphatic rings. The van der Waals surface area contributed by atoms with E-state index in [9.17, 15) is 49.8 Å². The Hall–Kier alpha value is -1.54. The molecule has 0 aliphatic carbocycles. The number of rotatable bonds is 30. The number of aliphatic carboxylic acids is 4. The molecule has 0 rings (SSSR count). The van der Waals surface area contributed by atoms with Gasteiger partial charge < -0.3 is 49.2 Å². The van der Waals surface area contributed by atoms with Gasteiger partial charge in [-0.25, -0.2) is 9.59 Å². The SMILES string of the molecule is C=CCCCCCC[N+](CCO)(C(CC)C(=O)[O-])C(CC)C(=O)O.C=CCCCCCC[N+](CCO)(C(CC)C(=O)[O-])C(CC)C(=O)O.[Ca+2]. The van der Waals surface area contributed by atoms with Gasteiger partial charge in [0.05, 0.1) is 38.2 Å². The number of hydrogen-bond acceptors (Lipinski definition) is 8. The van der Waals surface area contributed by atoms with E-state index in [4.69, 9.17) is 0 Å². The number of quaternary nitrogens is 2. The summed E-state index contributed by atoms with van der Waals surface area (Å²) in [5.41, 5.74) is 0. The Morgan fingerprint density at radius 1 is 0.551 bits per heavy atom. The van der Waals surface area contributed by atoms with Crippen LogP contribution in [0.3, 0.4) is 0 Å². The molecule has 280 valence electrons. The summed E-state index contributed by atoms with van der Waals surface area (Å²) in [6.07, 6.45) is 14.1. The van der Waals surface area contributed by atoms with Crippen LogP contribution >= 0.6 is 0 Å². The Bertz CT molecular complexity index is 831. The van der Waals surface area contributed by atoms with Crippen molar-refractivity contribution in [3.63, 3.8) is 0 Å². The van der Waals surface area contributed by atoms with Gasteiger partial charge in [0.1, 0.15) is 25.2 Å². The monoisotopic (exact) mass is 726 g/mol. The molecule has 13 heteroatoms. The first-order chi connectivity index (χ1) is 22.8. The van der Waals surface area contributed by atoms with Gasteiger partial charge in [-0.1, -0.05) is 52.7 Å². The van der Waals surface area contributed by atoms with Crippen LogP contribution in [0.25, 0.3) is 0 Å². The number of carbonyl (C=O) groups is 4. The minimum Gasteiger partial charge on any atom is -0.544 e. The Morgan fingerprint density at radius 3 is 1.04 bits per heavy atom. The van der Waals surface area contributed by atoms with Crippen molar-refractivity contribution in [2.75, 3.05) is 39.4 Å². The number of nitrogens with zero attached hydrogens (tertiary/aromatic N) is 2. The summed E-state index contributed by atoms with van der Waals surface area (Å²) in [5.74, 6) is -4.51. The number of aliphatic hydroxyl groups is 2. The summed E-state index contributed by atoms with van der Waals surface area (Å²) in [7, 11) is 0. The molecule has 49 heavy (non-hydrogen) atoms. The molecule has 0 fully saturated rings. The molecule has 0 spiro atoms. The molecule has 0 aromatic heterocycles. The van der Waals surface area contributed by atoms with Crippen molar-refractivity contribution in [2.24, 2.45) is 0 Å². The predicted molar refractivity (Wildman–Crippen MR) is 188 cm³/mol. The van der Waals surface area contributed by atoms with Crippen LogP contribution in [0.5, 0.6) is 0 Å². The van der Waals surface area contributed by atoms with Crippen LogP contribution in [0.4, 0.5) is 0 Å². The predicted octanol–water partition coefficient (Wildman–Crippen LogP) is 2.27. The molecule has 0 saturated heterocycles. The number of allylic oxidation sites excluding steroid dienone is 2. The van der Waals surface area contributed by atoms with Crippen LogP contribution in [0.2, 0.25) is 0 Å². The molecule has 6 unspecified atom stereocenters. The van der Waals surface area contributed by atoms with E-state index < -0.39 is 48.0 Å². The molecule has 0 aromatic carbocycles. The van der Waals surface area contributed by atoms with Crippen molar-refractivity contribution < 1.29 is 58.8 Å². The van der Waals surface area contributed by atoms with Crippen molar-refractivity contribution in [1.82, 2.24) is 0 Å². The number of unbranched alkanes of at least 4 members (excludes halogenated alkanes) is 8. The van der Waals surface area contributed by atoms with E-state index in [1.54, 1.807) is 27.7 Å². The van der Waals surface area contributed by atoms with E-state index in [0.29, 0.717) is 25.9 Å². The number of hydrogen-bond donors (Lipinski definition) is 4. The maximum Gasteiger partial charge on any atom is 2.00 e. The fourth-order valence-corrected chi connectivity index (χ4v) is 7.37. The molecule has 0 aromatic rings. The zero-order valence-electron chi connectivity index (χ0n) is 30.9. The van der Waals surface area contributed by atoms with Gasteiger partial charge in [-0.3, -0.25) is 0 Å². The average Bonchev–Trinajstić information content (AvgIpc) is 3.01. The third-order valence-corrected chi connectivity index (χ3v) is 9.64. The van der Waals surface area contributed by atoms with Crippen molar-refractivity contribution in [2.45, 2.75) is 142 Å². The smallest absolute Gasteiger partial charge is 0.544 e. The molecule has 12 nitrogen and oxygen atoms in total. The number of aliphatic hydroxyl groups excluding tert-OH is 2. The zero-order valence-corrected chi connectivity index (χ0v) is 33.1. The first-order valence-corrected chi connectivity index (χ1v) is 17.9. The normalized spacial score (nSPS) is 15.8. The molecule has 6 atom stereocenters.